The highest BCUT2D eigenvalue weighted by Gasteiger charge is 2.38. The predicted octanol–water partition coefficient (Wildman–Crippen LogP) is 3.49. The highest BCUT2D eigenvalue weighted by molar-refractivity contribution is 7.59. The van der Waals surface area contributed by atoms with Gasteiger partial charge in [0.15, 0.2) is 0 Å². The lowest BCUT2D eigenvalue weighted by atomic mass is 10.1. The number of anilines is 3. The van der Waals surface area contributed by atoms with Crippen molar-refractivity contribution in [2.45, 2.75) is 37.9 Å². The van der Waals surface area contributed by atoms with Gasteiger partial charge in [-0.3, -0.25) is 9.48 Å². The molecule has 10 nitrogen and oxygen atoms in total. The Balaban J connectivity index is 0.000000468. The quantitative estimate of drug-likeness (QED) is 0.437. The summed E-state index contributed by atoms with van der Waals surface area (Å²) in [5.41, 5.74) is 9.22. The maximum absolute atomic E-state index is 13.2. The number of rotatable bonds is 4. The van der Waals surface area contributed by atoms with Gasteiger partial charge in [-0.15, -0.1) is 0 Å². The summed E-state index contributed by atoms with van der Waals surface area (Å²) in [5.74, 6) is -2.15. The molecule has 2 fully saturated rings. The first-order chi connectivity index (χ1) is 18.0. The van der Waals surface area contributed by atoms with Crippen LogP contribution in [0.3, 0.4) is 0 Å². The molecule has 14 heteroatoms. The van der Waals surface area contributed by atoms with Gasteiger partial charge in [0, 0.05) is 50.9 Å². The van der Waals surface area contributed by atoms with Crippen molar-refractivity contribution < 1.29 is 27.9 Å². The average Bonchev–Trinajstić information content (AvgIpc) is 3.48. The number of halogens is 3. The summed E-state index contributed by atoms with van der Waals surface area (Å²) in [6, 6.07) is 9.86. The van der Waals surface area contributed by atoms with E-state index >= 15 is 0 Å². The number of benzene rings is 1. The second-order valence-electron chi connectivity index (χ2n) is 9.41. The number of hydrogen-bond donors (Lipinski definition) is 3. The molecule has 5 rings (SSSR count). The molecule has 0 radical (unpaired) electrons. The first-order valence-corrected chi connectivity index (χ1v) is 12.3. The SMILES string of the molecule is Cn1cc2cc(NC(=O)c3cccc(N4CC[C@H](N)C4)n3)c(N3CCCCC3)cc2n1.O=C(O)C(F)(F)F.S. The molecule has 3 aromatic rings. The Morgan fingerprint density at radius 1 is 1.10 bits per heavy atom. The fourth-order valence-corrected chi connectivity index (χ4v) is 4.59. The average molecular weight is 568 g/mol. The Hall–Kier alpha value is -3.52. The minimum Gasteiger partial charge on any atom is -0.475 e. The molecule has 2 aromatic heterocycles. The summed E-state index contributed by atoms with van der Waals surface area (Å²) in [7, 11) is 1.92. The van der Waals surface area contributed by atoms with E-state index < -0.39 is 12.1 Å². The smallest absolute Gasteiger partial charge is 0.475 e. The number of carbonyl (C=O) groups is 2. The standard InChI is InChI=1S/C23H29N7O.C2HF3O2.H2S/c1-28-14-16-12-20(21(13-19(16)27-28)29-9-3-2-4-10-29)26-23(31)18-6-5-7-22(25-18)30-11-8-17(24)15-30;3-2(4,5)1(6)7;/h5-7,12-14,17H,2-4,8-11,15,24H2,1H3,(H,26,31);(H,6,7);1H2/t17-;;/m0../s1. The number of pyridine rings is 1. The molecule has 4 heterocycles. The number of nitrogens with one attached hydrogen (secondary N) is 1. The van der Waals surface area contributed by atoms with Crippen molar-refractivity contribution in [3.8, 4) is 0 Å². The zero-order valence-electron chi connectivity index (χ0n) is 21.4. The van der Waals surface area contributed by atoms with E-state index in [1.807, 2.05) is 36.1 Å². The molecule has 2 aliphatic heterocycles. The maximum atomic E-state index is 13.2. The first-order valence-electron chi connectivity index (χ1n) is 12.3. The number of aryl methyl sites for hydroxylation is 1. The molecule has 39 heavy (non-hydrogen) atoms. The molecule has 0 aliphatic carbocycles. The fourth-order valence-electron chi connectivity index (χ4n) is 4.59. The molecule has 212 valence electrons. The van der Waals surface area contributed by atoms with Crippen molar-refractivity contribution in [3.63, 3.8) is 0 Å². The molecule has 0 saturated carbocycles. The fraction of sp³-hybridized carbons (Fsp3) is 0.440. The summed E-state index contributed by atoms with van der Waals surface area (Å²) < 4.78 is 33.5. The van der Waals surface area contributed by atoms with Crippen molar-refractivity contribution in [1.82, 2.24) is 14.8 Å². The van der Waals surface area contributed by atoms with Gasteiger partial charge in [0.2, 0.25) is 0 Å². The largest absolute Gasteiger partial charge is 0.490 e. The zero-order valence-corrected chi connectivity index (χ0v) is 22.4. The van der Waals surface area contributed by atoms with Crippen LogP contribution in [0.1, 0.15) is 36.2 Å². The van der Waals surface area contributed by atoms with Gasteiger partial charge >= 0.3 is 12.1 Å². The highest BCUT2D eigenvalue weighted by Crippen LogP contribution is 2.33. The molecule has 0 unspecified atom stereocenters. The lowest BCUT2D eigenvalue weighted by Gasteiger charge is -2.30. The van der Waals surface area contributed by atoms with E-state index in [4.69, 9.17) is 15.6 Å². The van der Waals surface area contributed by atoms with E-state index in [0.717, 1.165) is 73.5 Å². The third-order valence-corrected chi connectivity index (χ3v) is 6.44. The van der Waals surface area contributed by atoms with Gasteiger partial charge in [-0.05, 0) is 49.9 Å². The minimum atomic E-state index is -5.08. The normalized spacial score (nSPS) is 17.3. The van der Waals surface area contributed by atoms with Crippen LogP contribution >= 0.6 is 13.5 Å². The minimum absolute atomic E-state index is 0. The number of nitrogens with zero attached hydrogens (tertiary/aromatic N) is 5. The number of piperidine rings is 1. The van der Waals surface area contributed by atoms with Crippen molar-refractivity contribution in [2.24, 2.45) is 12.8 Å². The van der Waals surface area contributed by atoms with Gasteiger partial charge < -0.3 is 26.0 Å². The van der Waals surface area contributed by atoms with Crippen molar-refractivity contribution in [3.05, 3.63) is 42.2 Å². The Bertz CT molecular complexity index is 1310. The third-order valence-electron chi connectivity index (χ3n) is 6.44. The van der Waals surface area contributed by atoms with Crippen molar-refractivity contribution >= 4 is 53.5 Å². The van der Waals surface area contributed by atoms with E-state index in [0.29, 0.717) is 5.69 Å². The number of amides is 1. The Kier molecular flexibility index (Phi) is 9.67. The summed E-state index contributed by atoms with van der Waals surface area (Å²) in [5, 5.41) is 15.8. The van der Waals surface area contributed by atoms with Gasteiger partial charge in [0.25, 0.3) is 5.91 Å². The number of fused-ring (bicyclic) bond motifs is 1. The van der Waals surface area contributed by atoms with Crippen molar-refractivity contribution in [1.29, 1.82) is 0 Å². The molecular formula is C25H32F3N7O3S. The number of aliphatic carboxylic acids is 1. The summed E-state index contributed by atoms with van der Waals surface area (Å²) in [4.78, 5) is 31.2. The number of alkyl halides is 3. The molecule has 1 atom stereocenters. The maximum Gasteiger partial charge on any atom is 0.490 e. The van der Waals surface area contributed by atoms with E-state index in [9.17, 15) is 18.0 Å². The highest BCUT2D eigenvalue weighted by atomic mass is 32.1. The van der Waals surface area contributed by atoms with Crippen LogP contribution in [0.4, 0.5) is 30.4 Å². The van der Waals surface area contributed by atoms with E-state index in [1.165, 1.54) is 6.42 Å². The molecular weight excluding hydrogens is 535 g/mol. The topological polar surface area (TPSA) is 130 Å². The van der Waals surface area contributed by atoms with Crippen LogP contribution < -0.4 is 20.9 Å². The number of carboxylic acids is 1. The van der Waals surface area contributed by atoms with Gasteiger partial charge in [-0.1, -0.05) is 6.07 Å². The number of nitrogens with two attached hydrogens (primary N) is 1. The number of hydrogen-bond acceptors (Lipinski definition) is 7. The first kappa shape index (κ1) is 30.0. The third kappa shape index (κ3) is 7.53. The second kappa shape index (κ2) is 12.6. The molecule has 0 spiro atoms. The molecule has 1 amide bonds. The van der Waals surface area contributed by atoms with E-state index in [1.54, 1.807) is 6.07 Å². The Morgan fingerprint density at radius 3 is 2.41 bits per heavy atom. The number of carboxylic acid groups (broad SMARTS) is 1. The van der Waals surface area contributed by atoms with Crippen LogP contribution in [-0.4, -0.2) is 70.1 Å². The predicted molar refractivity (Wildman–Crippen MR) is 148 cm³/mol. The number of aromatic nitrogens is 3. The van der Waals surface area contributed by atoms with Gasteiger partial charge in [-0.25, -0.2) is 9.78 Å². The lowest BCUT2D eigenvalue weighted by Crippen LogP contribution is -2.30. The van der Waals surface area contributed by atoms with Crippen LogP contribution in [0.15, 0.2) is 36.5 Å². The van der Waals surface area contributed by atoms with Crippen LogP contribution in [-0.2, 0) is 11.8 Å². The summed E-state index contributed by atoms with van der Waals surface area (Å²) in [6.07, 6.45) is 1.41. The Labute approximate surface area is 230 Å². The molecule has 2 aliphatic rings. The second-order valence-corrected chi connectivity index (χ2v) is 9.41. The van der Waals surface area contributed by atoms with Crippen LogP contribution in [0.2, 0.25) is 0 Å². The summed E-state index contributed by atoms with van der Waals surface area (Å²) in [6.45, 7) is 3.62. The van der Waals surface area contributed by atoms with Crippen molar-refractivity contribution in [2.75, 3.05) is 41.3 Å². The van der Waals surface area contributed by atoms with E-state index in [-0.39, 0.29) is 25.4 Å². The van der Waals surface area contributed by atoms with Gasteiger partial charge in [-0.2, -0.15) is 31.8 Å². The van der Waals surface area contributed by atoms with Crippen LogP contribution in [0, 0.1) is 0 Å². The van der Waals surface area contributed by atoms with E-state index in [2.05, 4.69) is 31.3 Å². The molecule has 1 aromatic carbocycles. The monoisotopic (exact) mass is 567 g/mol. The zero-order chi connectivity index (χ0) is 27.4. The van der Waals surface area contributed by atoms with Crippen LogP contribution in [0.25, 0.3) is 10.9 Å². The van der Waals surface area contributed by atoms with Gasteiger partial charge in [0.1, 0.15) is 11.5 Å². The van der Waals surface area contributed by atoms with Gasteiger partial charge in [0.05, 0.1) is 16.9 Å². The van der Waals surface area contributed by atoms with Crippen LogP contribution in [0.5, 0.6) is 0 Å². The lowest BCUT2D eigenvalue weighted by molar-refractivity contribution is -0.192. The molecule has 4 N–H and O–H groups in total. The molecule has 2 saturated heterocycles. The summed E-state index contributed by atoms with van der Waals surface area (Å²) >= 11 is 0. The molecule has 0 bridgehead atoms. The number of carbonyl (C=O) groups excluding carboxylic acids is 1. The Morgan fingerprint density at radius 2 is 1.79 bits per heavy atom.